The van der Waals surface area contributed by atoms with Gasteiger partial charge in [0.1, 0.15) is 12.2 Å². The number of carbonyl (C=O) groups is 1. The molecule has 13 nitrogen and oxygen atoms in total. The third-order valence-corrected chi connectivity index (χ3v) is 5.80. The highest BCUT2D eigenvalue weighted by molar-refractivity contribution is 5.84. The van der Waals surface area contributed by atoms with Gasteiger partial charge in [-0.15, -0.1) is 0 Å². The Bertz CT molecular complexity index is 1080. The highest BCUT2D eigenvalue weighted by Gasteiger charge is 2.58. The fraction of sp³-hybridized carbons (Fsp3) is 0.667. The molecule has 5 rings (SSSR count). The molecule has 1 amide bonds. The number of hydrogen-bond acceptors (Lipinski definition) is 9. The number of aromatic nitrogens is 4. The number of nitrogens with one attached hydrogen (secondary N) is 2. The van der Waals surface area contributed by atoms with Crippen LogP contribution in [-0.4, -0.2) is 62.6 Å². The molecule has 3 fully saturated rings. The monoisotopic (exact) mass is 429 g/mol. The summed E-state index contributed by atoms with van der Waals surface area (Å²) in [4.78, 5) is 28.4. The second-order valence-electron chi connectivity index (χ2n) is 8.28. The maximum absolute atomic E-state index is 12.4. The molecule has 0 spiro atoms. The van der Waals surface area contributed by atoms with Gasteiger partial charge in [0.2, 0.25) is 5.95 Å². The quantitative estimate of drug-likeness (QED) is 0.414. The maximum Gasteiger partial charge on any atom is 0.251 e. The van der Waals surface area contributed by atoms with Crippen molar-refractivity contribution in [3.05, 3.63) is 16.8 Å². The number of likely N-dealkylation sites (N-methyl/N-ethyl adjacent to an activating group) is 1. The van der Waals surface area contributed by atoms with E-state index in [1.165, 1.54) is 0 Å². The Balaban J connectivity index is 1.57. The summed E-state index contributed by atoms with van der Waals surface area (Å²) in [5, 5.41) is 9.53. The second-order valence-corrected chi connectivity index (χ2v) is 8.28. The zero-order valence-electron chi connectivity index (χ0n) is 17.3. The van der Waals surface area contributed by atoms with E-state index in [0.717, 1.165) is 19.3 Å². The molecule has 0 aromatic carbocycles. The van der Waals surface area contributed by atoms with Crippen molar-refractivity contribution >= 4 is 28.8 Å². The van der Waals surface area contributed by atoms with Crippen molar-refractivity contribution in [1.29, 1.82) is 0 Å². The number of anilines is 1. The van der Waals surface area contributed by atoms with Crippen molar-refractivity contribution in [3.8, 4) is 0 Å². The van der Waals surface area contributed by atoms with Gasteiger partial charge in [0.15, 0.2) is 35.1 Å². The van der Waals surface area contributed by atoms with E-state index in [2.05, 4.69) is 35.6 Å². The molecule has 2 aliphatic heterocycles. The fourth-order valence-corrected chi connectivity index (χ4v) is 4.18. The number of rotatable bonds is 5. The van der Waals surface area contributed by atoms with Crippen molar-refractivity contribution in [1.82, 2.24) is 24.8 Å². The SMILES string of the molecule is CNC(=O)[C@H]1O[C@@H](n2cnc3c(NC4CCC4)nc(N=[N+]=[N-])nc32)[C@@H]2OC(C)(C)O[C@@H]21. The standard InChI is InChI=1S/C18H23N9O4/c1-18(2)30-10-11(15(28)20-3)29-16(12(10)31-18)27-7-21-9-13(22-8-5-4-6-8)23-17(25-26-19)24-14(9)27/h7-8,10-12,16H,4-6H2,1-3H3,(H,20,28)(H,22,23,24)/t10-,11+,12-,16-/m1/s1. The molecular weight excluding hydrogens is 406 g/mol. The lowest BCUT2D eigenvalue weighted by atomic mass is 9.93. The van der Waals surface area contributed by atoms with Gasteiger partial charge >= 0.3 is 0 Å². The van der Waals surface area contributed by atoms with Crippen LogP contribution < -0.4 is 10.6 Å². The Morgan fingerprint density at radius 2 is 2.10 bits per heavy atom. The summed E-state index contributed by atoms with van der Waals surface area (Å²) in [5.74, 6) is -0.709. The first kappa shape index (κ1) is 19.9. The molecular formula is C18H23N9O4. The van der Waals surface area contributed by atoms with E-state index in [0.29, 0.717) is 23.0 Å². The highest BCUT2D eigenvalue weighted by atomic mass is 16.8. The minimum Gasteiger partial charge on any atom is -0.365 e. The van der Waals surface area contributed by atoms with Crippen molar-refractivity contribution in [3.63, 3.8) is 0 Å². The molecule has 2 aromatic heterocycles. The van der Waals surface area contributed by atoms with Crippen molar-refractivity contribution in [2.24, 2.45) is 5.11 Å². The largest absolute Gasteiger partial charge is 0.365 e. The Labute approximate surface area is 177 Å². The van der Waals surface area contributed by atoms with Crippen LogP contribution in [0.2, 0.25) is 0 Å². The lowest BCUT2D eigenvalue weighted by Crippen LogP contribution is -2.41. The van der Waals surface area contributed by atoms with Gasteiger partial charge in [-0.1, -0.05) is 0 Å². The van der Waals surface area contributed by atoms with Gasteiger partial charge in [-0.2, -0.15) is 0 Å². The van der Waals surface area contributed by atoms with Crippen LogP contribution in [0.3, 0.4) is 0 Å². The first-order chi connectivity index (χ1) is 14.9. The van der Waals surface area contributed by atoms with Crippen molar-refractivity contribution < 1.29 is 19.0 Å². The predicted molar refractivity (Wildman–Crippen MR) is 107 cm³/mol. The Morgan fingerprint density at radius 3 is 2.77 bits per heavy atom. The molecule has 0 unspecified atom stereocenters. The van der Waals surface area contributed by atoms with Crippen molar-refractivity contribution in [2.75, 3.05) is 12.4 Å². The zero-order valence-corrected chi connectivity index (χ0v) is 17.3. The topological polar surface area (TPSA) is 161 Å². The third-order valence-electron chi connectivity index (χ3n) is 5.80. The fourth-order valence-electron chi connectivity index (χ4n) is 4.18. The van der Waals surface area contributed by atoms with Gasteiger partial charge in [0, 0.05) is 18.0 Å². The van der Waals surface area contributed by atoms with Crippen molar-refractivity contribution in [2.45, 2.75) is 69.5 Å². The Morgan fingerprint density at radius 1 is 1.32 bits per heavy atom. The molecule has 2 N–H and O–H groups in total. The van der Waals surface area contributed by atoms with Crippen LogP contribution in [0.25, 0.3) is 21.6 Å². The van der Waals surface area contributed by atoms with E-state index in [-0.39, 0.29) is 11.9 Å². The molecule has 0 radical (unpaired) electrons. The summed E-state index contributed by atoms with van der Waals surface area (Å²) >= 11 is 0. The van der Waals surface area contributed by atoms with E-state index in [1.807, 2.05) is 0 Å². The molecule has 13 heteroatoms. The van der Waals surface area contributed by atoms with Crippen LogP contribution in [0.4, 0.5) is 11.8 Å². The van der Waals surface area contributed by atoms with Gasteiger partial charge in [-0.05, 0) is 43.8 Å². The number of amides is 1. The summed E-state index contributed by atoms with van der Waals surface area (Å²) in [7, 11) is 1.54. The van der Waals surface area contributed by atoms with E-state index >= 15 is 0 Å². The summed E-state index contributed by atoms with van der Waals surface area (Å²) in [5.41, 5.74) is 9.82. The van der Waals surface area contributed by atoms with Crippen LogP contribution >= 0.6 is 0 Å². The second kappa shape index (κ2) is 7.31. The molecule has 1 aliphatic carbocycles. The van der Waals surface area contributed by atoms with Gasteiger partial charge in [0.05, 0.1) is 6.33 Å². The number of hydrogen-bond donors (Lipinski definition) is 2. The molecule has 4 heterocycles. The lowest BCUT2D eigenvalue weighted by molar-refractivity contribution is -0.197. The van der Waals surface area contributed by atoms with Gasteiger partial charge in [0.25, 0.3) is 5.91 Å². The number of ether oxygens (including phenoxy) is 3. The van der Waals surface area contributed by atoms with E-state index < -0.39 is 30.3 Å². The normalized spacial score (nSPS) is 29.3. The minimum absolute atomic E-state index is 0.0279. The molecule has 164 valence electrons. The molecule has 2 aromatic rings. The van der Waals surface area contributed by atoms with Crippen LogP contribution in [0.5, 0.6) is 0 Å². The summed E-state index contributed by atoms with van der Waals surface area (Å²) in [6.45, 7) is 3.58. The summed E-state index contributed by atoms with van der Waals surface area (Å²) in [6.07, 6.45) is 2.05. The third kappa shape index (κ3) is 3.35. The minimum atomic E-state index is -0.873. The highest BCUT2D eigenvalue weighted by Crippen LogP contribution is 2.44. The maximum atomic E-state index is 12.4. The molecule has 2 saturated heterocycles. The van der Waals surface area contributed by atoms with Crippen LogP contribution in [-0.2, 0) is 19.0 Å². The van der Waals surface area contributed by atoms with Gasteiger partial charge in [-0.3, -0.25) is 9.36 Å². The molecule has 1 saturated carbocycles. The van der Waals surface area contributed by atoms with E-state index in [4.69, 9.17) is 19.7 Å². The molecule has 3 aliphatic rings. The first-order valence-corrected chi connectivity index (χ1v) is 10.2. The number of carbonyl (C=O) groups excluding carboxylic acids is 1. The van der Waals surface area contributed by atoms with E-state index in [9.17, 15) is 4.79 Å². The summed E-state index contributed by atoms with van der Waals surface area (Å²) < 4.78 is 19.7. The number of imidazole rings is 1. The van der Waals surface area contributed by atoms with Crippen LogP contribution in [0.1, 0.15) is 39.3 Å². The average Bonchev–Trinajstić information content (AvgIpc) is 3.34. The summed E-state index contributed by atoms with van der Waals surface area (Å²) in [6, 6.07) is 0.291. The number of nitrogens with zero attached hydrogens (tertiary/aromatic N) is 7. The number of fused-ring (bicyclic) bond motifs is 2. The van der Waals surface area contributed by atoms with Crippen LogP contribution in [0, 0.1) is 0 Å². The Kier molecular flexibility index (Phi) is 4.70. The first-order valence-electron chi connectivity index (χ1n) is 10.2. The predicted octanol–water partition coefficient (Wildman–Crippen LogP) is 1.90. The Hall–Kier alpha value is -2.99. The number of azide groups is 1. The van der Waals surface area contributed by atoms with Crippen LogP contribution in [0.15, 0.2) is 11.4 Å². The smallest absolute Gasteiger partial charge is 0.251 e. The van der Waals surface area contributed by atoms with E-state index in [1.54, 1.807) is 31.8 Å². The molecule has 31 heavy (non-hydrogen) atoms. The van der Waals surface area contributed by atoms with Gasteiger partial charge < -0.3 is 24.8 Å². The van der Waals surface area contributed by atoms with Gasteiger partial charge in [-0.25, -0.2) is 15.0 Å². The zero-order chi connectivity index (χ0) is 21.8. The lowest BCUT2D eigenvalue weighted by Gasteiger charge is -2.27. The molecule has 4 atom stereocenters. The average molecular weight is 429 g/mol. The molecule has 0 bridgehead atoms.